The number of carboxylic acids is 1. The van der Waals surface area contributed by atoms with Crippen LogP contribution in [0.2, 0.25) is 0 Å². The lowest BCUT2D eigenvalue weighted by atomic mass is 9.80. The highest BCUT2D eigenvalue weighted by Gasteiger charge is 2.31. The average molecular weight is 284 g/mol. The molecule has 0 radical (unpaired) electrons. The predicted molar refractivity (Wildman–Crippen MR) is 75.8 cm³/mol. The van der Waals surface area contributed by atoms with Crippen LogP contribution in [0.1, 0.15) is 38.1 Å². The Hall–Kier alpha value is -1.41. The third-order valence-corrected chi connectivity index (χ3v) is 2.95. The van der Waals surface area contributed by atoms with Crippen LogP contribution < -0.4 is 5.46 Å². The molecule has 112 valence electrons. The van der Waals surface area contributed by atoms with Crippen molar-refractivity contribution in [3.05, 3.63) is 29.8 Å². The van der Waals surface area contributed by atoms with Crippen LogP contribution in [0, 0.1) is 0 Å². The van der Waals surface area contributed by atoms with Gasteiger partial charge in [-0.25, -0.2) is 4.79 Å². The molecule has 0 amide bonds. The molecule has 0 bridgehead atoms. The Morgan fingerprint density at radius 2 is 1.30 bits per heavy atom. The Morgan fingerprint density at radius 3 is 1.50 bits per heavy atom. The number of carbonyl (C=O) groups is 1. The van der Waals surface area contributed by atoms with Crippen molar-refractivity contribution in [2.45, 2.75) is 38.9 Å². The minimum Gasteiger partial charge on any atom is -0.478 e. The number of carboxylic acid groups (broad SMARTS) is 1. The standard InChI is InChI=1S/C7H7BO4.C6H14O2/c9-7(10)5-1-3-6(4-2-5)8(11)12;1-5(2,7)6(3,4)8/h1-4,11-12H,(H,9,10);7-8H,1-4H3. The summed E-state index contributed by atoms with van der Waals surface area (Å²) < 4.78 is 0. The number of aromatic carboxylic acids is 1. The first-order valence-electron chi connectivity index (χ1n) is 6.00. The van der Waals surface area contributed by atoms with Gasteiger partial charge in [-0.05, 0) is 45.3 Å². The Labute approximate surface area is 118 Å². The van der Waals surface area contributed by atoms with Crippen molar-refractivity contribution in [2.75, 3.05) is 0 Å². The van der Waals surface area contributed by atoms with Crippen molar-refractivity contribution < 1.29 is 30.2 Å². The Morgan fingerprint density at radius 1 is 0.950 bits per heavy atom. The maximum Gasteiger partial charge on any atom is 0.488 e. The second kappa shape index (κ2) is 6.85. The lowest BCUT2D eigenvalue weighted by Gasteiger charge is -2.31. The van der Waals surface area contributed by atoms with Gasteiger partial charge in [0.25, 0.3) is 0 Å². The highest BCUT2D eigenvalue weighted by molar-refractivity contribution is 6.58. The van der Waals surface area contributed by atoms with E-state index in [1.54, 1.807) is 27.7 Å². The van der Waals surface area contributed by atoms with Crippen molar-refractivity contribution >= 4 is 18.6 Å². The normalized spacial score (nSPS) is 11.4. The summed E-state index contributed by atoms with van der Waals surface area (Å²) in [4.78, 5) is 10.4. The van der Waals surface area contributed by atoms with Gasteiger partial charge in [0.1, 0.15) is 0 Å². The molecule has 0 aliphatic rings. The summed E-state index contributed by atoms with van der Waals surface area (Å²) in [6, 6.07) is 5.34. The predicted octanol–water partition coefficient (Wildman–Crippen LogP) is -0.407. The zero-order valence-corrected chi connectivity index (χ0v) is 12.0. The van der Waals surface area contributed by atoms with Gasteiger partial charge in [-0.15, -0.1) is 0 Å². The van der Waals surface area contributed by atoms with Gasteiger partial charge < -0.3 is 25.4 Å². The largest absolute Gasteiger partial charge is 0.488 e. The molecule has 0 saturated carbocycles. The number of rotatable bonds is 3. The van der Waals surface area contributed by atoms with Gasteiger partial charge in [0.05, 0.1) is 16.8 Å². The monoisotopic (exact) mass is 284 g/mol. The zero-order chi connectivity index (χ0) is 16.1. The summed E-state index contributed by atoms with van der Waals surface area (Å²) in [6.45, 7) is 6.31. The molecule has 6 nitrogen and oxygen atoms in total. The van der Waals surface area contributed by atoms with Crippen molar-refractivity contribution in [3.63, 3.8) is 0 Å². The third-order valence-electron chi connectivity index (χ3n) is 2.95. The molecule has 1 rings (SSSR count). The van der Waals surface area contributed by atoms with E-state index in [0.717, 1.165) is 0 Å². The van der Waals surface area contributed by atoms with Crippen LogP contribution in [0.4, 0.5) is 0 Å². The van der Waals surface area contributed by atoms with Crippen molar-refractivity contribution in [3.8, 4) is 0 Å². The molecule has 20 heavy (non-hydrogen) atoms. The Balaban J connectivity index is 0.000000396. The smallest absolute Gasteiger partial charge is 0.478 e. The molecule has 0 fully saturated rings. The molecule has 1 aromatic rings. The minimum atomic E-state index is -1.55. The molecular weight excluding hydrogens is 263 g/mol. The van der Waals surface area contributed by atoms with E-state index in [9.17, 15) is 4.79 Å². The maximum atomic E-state index is 10.4. The molecule has 5 N–H and O–H groups in total. The summed E-state index contributed by atoms with van der Waals surface area (Å²) in [6.07, 6.45) is 0. The minimum absolute atomic E-state index is 0.124. The summed E-state index contributed by atoms with van der Waals surface area (Å²) >= 11 is 0. The first-order chi connectivity index (χ1) is 8.86. The third kappa shape index (κ3) is 6.16. The first-order valence-corrected chi connectivity index (χ1v) is 6.00. The first kappa shape index (κ1) is 18.6. The van der Waals surface area contributed by atoms with E-state index in [0.29, 0.717) is 0 Å². The van der Waals surface area contributed by atoms with Gasteiger partial charge in [-0.2, -0.15) is 0 Å². The molecule has 7 heteroatoms. The highest BCUT2D eigenvalue weighted by atomic mass is 16.4. The van der Waals surface area contributed by atoms with Gasteiger partial charge in [-0.3, -0.25) is 0 Å². The lowest BCUT2D eigenvalue weighted by molar-refractivity contribution is -0.107. The van der Waals surface area contributed by atoms with Crippen LogP contribution in [-0.4, -0.2) is 49.7 Å². The van der Waals surface area contributed by atoms with E-state index in [-0.39, 0.29) is 11.0 Å². The second-order valence-electron chi connectivity index (χ2n) is 5.42. The van der Waals surface area contributed by atoms with Crippen molar-refractivity contribution in [2.24, 2.45) is 0 Å². The fourth-order valence-corrected chi connectivity index (χ4v) is 0.798. The summed E-state index contributed by atoms with van der Waals surface area (Å²) in [7, 11) is -1.55. The summed E-state index contributed by atoms with van der Waals surface area (Å²) in [5.41, 5.74) is -1.61. The molecule has 0 heterocycles. The fraction of sp³-hybridized carbons (Fsp3) is 0.462. The number of aliphatic hydroxyl groups is 2. The quantitative estimate of drug-likeness (QED) is 0.482. The van der Waals surface area contributed by atoms with E-state index < -0.39 is 24.3 Å². The van der Waals surface area contributed by atoms with E-state index >= 15 is 0 Å². The molecular formula is C13H21BO6. The topological polar surface area (TPSA) is 118 Å². The van der Waals surface area contributed by atoms with Gasteiger partial charge in [0.2, 0.25) is 0 Å². The summed E-state index contributed by atoms with van der Waals surface area (Å²) in [5.74, 6) is -1.03. The molecule has 0 aromatic heterocycles. The van der Waals surface area contributed by atoms with Gasteiger partial charge >= 0.3 is 13.1 Å². The molecule has 0 saturated heterocycles. The van der Waals surface area contributed by atoms with E-state index in [1.165, 1.54) is 24.3 Å². The SMILES string of the molecule is CC(C)(O)C(C)(C)O.O=C(O)c1ccc(B(O)O)cc1. The molecule has 0 aliphatic heterocycles. The Bertz CT molecular complexity index is 416. The molecule has 1 aromatic carbocycles. The summed E-state index contributed by atoms with van der Waals surface area (Å²) in [5, 5.41) is 44.0. The molecule has 0 spiro atoms. The molecule has 0 unspecified atom stereocenters. The molecule has 0 atom stereocenters. The van der Waals surface area contributed by atoms with Crippen molar-refractivity contribution in [1.29, 1.82) is 0 Å². The van der Waals surface area contributed by atoms with Crippen LogP contribution >= 0.6 is 0 Å². The van der Waals surface area contributed by atoms with Crippen LogP contribution in [0.25, 0.3) is 0 Å². The van der Waals surface area contributed by atoms with Gasteiger partial charge in [0.15, 0.2) is 0 Å². The number of hydrogen-bond acceptors (Lipinski definition) is 5. The number of hydrogen-bond donors (Lipinski definition) is 5. The lowest BCUT2D eigenvalue weighted by Crippen LogP contribution is -2.44. The van der Waals surface area contributed by atoms with Crippen LogP contribution in [0.15, 0.2) is 24.3 Å². The second-order valence-corrected chi connectivity index (χ2v) is 5.42. The average Bonchev–Trinajstić information content (AvgIpc) is 2.27. The Kier molecular flexibility index (Phi) is 6.37. The maximum absolute atomic E-state index is 10.4. The highest BCUT2D eigenvalue weighted by Crippen LogP contribution is 2.19. The van der Waals surface area contributed by atoms with Crippen LogP contribution in [0.5, 0.6) is 0 Å². The fourth-order valence-electron chi connectivity index (χ4n) is 0.798. The van der Waals surface area contributed by atoms with Gasteiger partial charge in [0, 0.05) is 0 Å². The van der Waals surface area contributed by atoms with Gasteiger partial charge in [-0.1, -0.05) is 12.1 Å². The molecule has 0 aliphatic carbocycles. The van der Waals surface area contributed by atoms with Crippen LogP contribution in [0.3, 0.4) is 0 Å². The van der Waals surface area contributed by atoms with Crippen molar-refractivity contribution in [1.82, 2.24) is 0 Å². The van der Waals surface area contributed by atoms with E-state index in [1.807, 2.05) is 0 Å². The van der Waals surface area contributed by atoms with E-state index in [2.05, 4.69) is 0 Å². The van der Waals surface area contributed by atoms with Crippen LogP contribution in [-0.2, 0) is 0 Å². The zero-order valence-electron chi connectivity index (χ0n) is 12.0. The number of benzene rings is 1. The van der Waals surface area contributed by atoms with E-state index in [4.69, 9.17) is 25.4 Å².